The highest BCUT2D eigenvalue weighted by Crippen LogP contribution is 2.17. The Labute approximate surface area is 123 Å². The lowest BCUT2D eigenvalue weighted by atomic mass is 10.2. The Morgan fingerprint density at radius 1 is 1.05 bits per heavy atom. The molecular formula is C16H18O5. The van der Waals surface area contributed by atoms with Gasteiger partial charge < -0.3 is 14.9 Å². The number of ether oxygens (including phenoxy) is 1. The largest absolute Gasteiger partial charge is 0.478 e. The van der Waals surface area contributed by atoms with Gasteiger partial charge in [-0.1, -0.05) is 13.8 Å². The third kappa shape index (κ3) is 5.14. The van der Waals surface area contributed by atoms with Crippen molar-refractivity contribution in [2.75, 3.05) is 0 Å². The van der Waals surface area contributed by atoms with Crippen molar-refractivity contribution >= 4 is 11.9 Å². The number of rotatable bonds is 7. The van der Waals surface area contributed by atoms with Crippen LogP contribution in [0.15, 0.2) is 47.7 Å². The molecule has 0 aromatic heterocycles. The summed E-state index contributed by atoms with van der Waals surface area (Å²) in [6.07, 6.45) is 4.16. The third-order valence-corrected chi connectivity index (χ3v) is 2.82. The normalized spacial score (nSPS) is 12.1. The maximum absolute atomic E-state index is 10.9. The predicted molar refractivity (Wildman–Crippen MR) is 78.4 cm³/mol. The van der Waals surface area contributed by atoms with E-state index in [-0.39, 0.29) is 5.56 Å². The van der Waals surface area contributed by atoms with Gasteiger partial charge in [0, 0.05) is 12.0 Å². The van der Waals surface area contributed by atoms with Crippen LogP contribution >= 0.6 is 0 Å². The number of carboxylic acid groups (broad SMARTS) is 2. The lowest BCUT2D eigenvalue weighted by Crippen LogP contribution is -2.00. The minimum Gasteiger partial charge on any atom is -0.478 e. The molecule has 0 aliphatic heterocycles. The fourth-order valence-electron chi connectivity index (χ4n) is 1.57. The highest BCUT2D eigenvalue weighted by molar-refractivity contribution is 5.87. The van der Waals surface area contributed by atoms with Gasteiger partial charge in [0.2, 0.25) is 0 Å². The van der Waals surface area contributed by atoms with Crippen LogP contribution in [-0.2, 0) is 4.79 Å². The Morgan fingerprint density at radius 3 is 2.10 bits per heavy atom. The molecule has 0 radical (unpaired) electrons. The molecule has 2 N–H and O–H groups in total. The molecule has 1 aromatic carbocycles. The molecule has 0 aliphatic rings. The van der Waals surface area contributed by atoms with Crippen LogP contribution in [0.4, 0.5) is 0 Å². The minimum absolute atomic E-state index is 0.184. The van der Waals surface area contributed by atoms with Gasteiger partial charge in [0.25, 0.3) is 0 Å². The van der Waals surface area contributed by atoms with E-state index in [1.165, 1.54) is 18.2 Å². The SMILES string of the molecule is CC/C(=C\C=C(/CC)C(=O)O)Oc1ccc(C(=O)O)cc1. The van der Waals surface area contributed by atoms with Crippen molar-refractivity contribution < 1.29 is 24.5 Å². The molecule has 0 saturated carbocycles. The first-order chi connectivity index (χ1) is 9.97. The lowest BCUT2D eigenvalue weighted by molar-refractivity contribution is -0.132. The molecule has 112 valence electrons. The number of carboxylic acids is 2. The van der Waals surface area contributed by atoms with Crippen LogP contribution in [0.5, 0.6) is 5.75 Å². The summed E-state index contributed by atoms with van der Waals surface area (Å²) in [7, 11) is 0. The van der Waals surface area contributed by atoms with Crippen LogP contribution in [0.2, 0.25) is 0 Å². The molecule has 1 rings (SSSR count). The summed E-state index contributed by atoms with van der Waals surface area (Å²) in [5.74, 6) is -0.833. The summed E-state index contributed by atoms with van der Waals surface area (Å²) in [5, 5.41) is 17.7. The maximum atomic E-state index is 10.9. The molecule has 0 fully saturated rings. The molecule has 0 bridgehead atoms. The van der Waals surface area contributed by atoms with E-state index in [4.69, 9.17) is 14.9 Å². The van der Waals surface area contributed by atoms with Gasteiger partial charge in [-0.2, -0.15) is 0 Å². The highest BCUT2D eigenvalue weighted by Gasteiger charge is 2.05. The number of aliphatic carboxylic acids is 1. The minimum atomic E-state index is -0.996. The fraction of sp³-hybridized carbons (Fsp3) is 0.250. The molecule has 0 unspecified atom stereocenters. The second-order valence-corrected chi connectivity index (χ2v) is 4.27. The van der Waals surface area contributed by atoms with Crippen LogP contribution in [0.25, 0.3) is 0 Å². The van der Waals surface area contributed by atoms with Crippen LogP contribution in [-0.4, -0.2) is 22.2 Å². The van der Waals surface area contributed by atoms with Crippen LogP contribution in [0.1, 0.15) is 37.0 Å². The van der Waals surface area contributed by atoms with Crippen molar-refractivity contribution in [3.05, 3.63) is 53.3 Å². The Kier molecular flexibility index (Phi) is 6.20. The quantitative estimate of drug-likeness (QED) is 0.456. The molecule has 21 heavy (non-hydrogen) atoms. The van der Waals surface area contributed by atoms with Crippen molar-refractivity contribution in [1.29, 1.82) is 0 Å². The number of benzene rings is 1. The summed E-state index contributed by atoms with van der Waals surface area (Å²) >= 11 is 0. The highest BCUT2D eigenvalue weighted by atomic mass is 16.5. The van der Waals surface area contributed by atoms with Crippen LogP contribution in [0, 0.1) is 0 Å². The van der Waals surface area contributed by atoms with Gasteiger partial charge in [-0.3, -0.25) is 0 Å². The Bertz CT molecular complexity index is 567. The molecular weight excluding hydrogens is 272 g/mol. The zero-order chi connectivity index (χ0) is 15.8. The molecule has 0 heterocycles. The van der Waals surface area contributed by atoms with E-state index in [1.54, 1.807) is 25.1 Å². The van der Waals surface area contributed by atoms with E-state index in [2.05, 4.69) is 0 Å². The number of aromatic carboxylic acids is 1. The van der Waals surface area contributed by atoms with E-state index >= 15 is 0 Å². The van der Waals surface area contributed by atoms with E-state index in [1.807, 2.05) is 6.92 Å². The van der Waals surface area contributed by atoms with Crippen LogP contribution < -0.4 is 4.74 Å². The predicted octanol–water partition coefficient (Wildman–Crippen LogP) is 3.48. The van der Waals surface area contributed by atoms with E-state index in [0.717, 1.165) is 0 Å². The van der Waals surface area contributed by atoms with E-state index in [9.17, 15) is 9.59 Å². The van der Waals surface area contributed by atoms with Gasteiger partial charge in [0.15, 0.2) is 0 Å². The topological polar surface area (TPSA) is 83.8 Å². The van der Waals surface area contributed by atoms with Gasteiger partial charge in [-0.05, 0) is 42.8 Å². The van der Waals surface area contributed by atoms with Crippen LogP contribution in [0.3, 0.4) is 0 Å². The monoisotopic (exact) mass is 290 g/mol. The zero-order valence-electron chi connectivity index (χ0n) is 12.0. The zero-order valence-corrected chi connectivity index (χ0v) is 12.0. The van der Waals surface area contributed by atoms with Crippen molar-refractivity contribution in [2.24, 2.45) is 0 Å². The summed E-state index contributed by atoms with van der Waals surface area (Å²) in [6.45, 7) is 3.66. The summed E-state index contributed by atoms with van der Waals surface area (Å²) in [5.41, 5.74) is 0.481. The van der Waals surface area contributed by atoms with Gasteiger partial charge in [0.05, 0.1) is 5.56 Å². The molecule has 0 atom stereocenters. The molecule has 0 amide bonds. The second-order valence-electron chi connectivity index (χ2n) is 4.27. The van der Waals surface area contributed by atoms with Gasteiger partial charge in [-0.25, -0.2) is 9.59 Å². The Hall–Kier alpha value is -2.56. The van der Waals surface area contributed by atoms with Crippen molar-refractivity contribution in [3.8, 4) is 5.75 Å². The Balaban J connectivity index is 2.86. The lowest BCUT2D eigenvalue weighted by Gasteiger charge is -2.08. The molecule has 1 aromatic rings. The molecule has 0 spiro atoms. The standard InChI is InChI=1S/C16H18O5/c1-3-11(15(17)18)5-8-13(4-2)21-14-9-6-12(7-10-14)16(19)20/h5-10H,3-4H2,1-2H3,(H,17,18)(H,19,20)/b11-5+,13-8+. The molecule has 0 aliphatic carbocycles. The first-order valence-electron chi connectivity index (χ1n) is 6.62. The van der Waals surface area contributed by atoms with Gasteiger partial charge in [0.1, 0.15) is 11.5 Å². The number of hydrogen-bond acceptors (Lipinski definition) is 3. The van der Waals surface area contributed by atoms with Gasteiger partial charge >= 0.3 is 11.9 Å². The van der Waals surface area contributed by atoms with E-state index in [0.29, 0.717) is 29.9 Å². The summed E-state index contributed by atoms with van der Waals surface area (Å²) < 4.78 is 5.60. The fourth-order valence-corrected chi connectivity index (χ4v) is 1.57. The number of carbonyl (C=O) groups is 2. The average molecular weight is 290 g/mol. The number of hydrogen-bond donors (Lipinski definition) is 2. The molecule has 5 heteroatoms. The first-order valence-corrected chi connectivity index (χ1v) is 6.62. The maximum Gasteiger partial charge on any atom is 0.335 e. The van der Waals surface area contributed by atoms with Crippen molar-refractivity contribution in [3.63, 3.8) is 0 Å². The smallest absolute Gasteiger partial charge is 0.335 e. The molecule has 0 saturated heterocycles. The van der Waals surface area contributed by atoms with Crippen molar-refractivity contribution in [1.82, 2.24) is 0 Å². The van der Waals surface area contributed by atoms with Crippen molar-refractivity contribution in [2.45, 2.75) is 26.7 Å². The van der Waals surface area contributed by atoms with E-state index < -0.39 is 11.9 Å². The number of allylic oxidation sites excluding steroid dienone is 3. The Morgan fingerprint density at radius 2 is 1.67 bits per heavy atom. The summed E-state index contributed by atoms with van der Waals surface area (Å²) in [6, 6.07) is 6.04. The third-order valence-electron chi connectivity index (χ3n) is 2.82. The second kappa shape index (κ2) is 7.89. The first kappa shape index (κ1) is 16.5. The average Bonchev–Trinajstić information content (AvgIpc) is 2.46. The molecule has 5 nitrogen and oxygen atoms in total. The summed E-state index contributed by atoms with van der Waals surface area (Å²) in [4.78, 5) is 21.6. The van der Waals surface area contributed by atoms with Gasteiger partial charge in [-0.15, -0.1) is 0 Å².